The molecule has 1 aliphatic rings. The van der Waals surface area contributed by atoms with Gasteiger partial charge in [-0.25, -0.2) is 0 Å². The van der Waals surface area contributed by atoms with Crippen molar-refractivity contribution in [2.24, 2.45) is 0 Å². The summed E-state index contributed by atoms with van der Waals surface area (Å²) in [5, 5.41) is 2.99. The van der Waals surface area contributed by atoms with Crippen LogP contribution >= 0.6 is 0 Å². The van der Waals surface area contributed by atoms with Crippen LogP contribution in [0.25, 0.3) is 0 Å². The molecule has 1 aromatic carbocycles. The van der Waals surface area contributed by atoms with Gasteiger partial charge in [-0.05, 0) is 51.6 Å². The lowest BCUT2D eigenvalue weighted by atomic mass is 9.75. The summed E-state index contributed by atoms with van der Waals surface area (Å²) in [6.07, 6.45) is 3.47. The van der Waals surface area contributed by atoms with Crippen LogP contribution in [0.2, 0.25) is 0 Å². The van der Waals surface area contributed by atoms with E-state index in [1.165, 1.54) is 6.42 Å². The molecule has 1 amide bonds. The fourth-order valence-electron chi connectivity index (χ4n) is 2.52. The van der Waals surface area contributed by atoms with E-state index < -0.39 is 0 Å². The summed E-state index contributed by atoms with van der Waals surface area (Å²) in [4.78, 5) is 14.3. The van der Waals surface area contributed by atoms with E-state index >= 15 is 0 Å². The lowest BCUT2D eigenvalue weighted by Crippen LogP contribution is -2.57. The number of benzene rings is 1. The molecule has 0 heterocycles. The third-order valence-corrected chi connectivity index (χ3v) is 4.05. The van der Waals surface area contributed by atoms with Crippen LogP contribution in [0.4, 0.5) is 11.4 Å². The molecule has 0 radical (unpaired) electrons. The Morgan fingerprint density at radius 2 is 1.84 bits per heavy atom. The Labute approximate surface area is 113 Å². The second kappa shape index (κ2) is 5.09. The number of carbonyl (C=O) groups excluding carboxylic acids is 1. The highest BCUT2D eigenvalue weighted by Gasteiger charge is 2.39. The molecule has 19 heavy (non-hydrogen) atoms. The van der Waals surface area contributed by atoms with Gasteiger partial charge in [0.15, 0.2) is 0 Å². The average molecular weight is 262 g/mol. The third kappa shape index (κ3) is 2.81. The van der Waals surface area contributed by atoms with Gasteiger partial charge in [-0.1, -0.05) is 0 Å². The number of carbonyl (C=O) groups is 1. The van der Waals surface area contributed by atoms with Crippen LogP contribution in [0.5, 0.6) is 0 Å². The first-order valence-corrected chi connectivity index (χ1v) is 6.55. The number of anilines is 2. The van der Waals surface area contributed by atoms with Crippen LogP contribution in [0.3, 0.4) is 0 Å². The lowest BCUT2D eigenvalue weighted by molar-refractivity contribution is 0.0557. The topological polar surface area (TPSA) is 84.4 Å². The maximum atomic E-state index is 12.1. The monoisotopic (exact) mass is 262 g/mol. The Hall–Kier alpha value is -1.75. The van der Waals surface area contributed by atoms with Crippen molar-refractivity contribution < 1.29 is 4.79 Å². The predicted molar refractivity (Wildman–Crippen MR) is 77.9 cm³/mol. The van der Waals surface area contributed by atoms with Crippen molar-refractivity contribution in [3.8, 4) is 0 Å². The molecule has 0 saturated heterocycles. The van der Waals surface area contributed by atoms with E-state index in [1.54, 1.807) is 18.2 Å². The van der Waals surface area contributed by atoms with Crippen molar-refractivity contribution in [2.75, 3.05) is 32.1 Å². The van der Waals surface area contributed by atoms with Gasteiger partial charge in [-0.2, -0.15) is 0 Å². The largest absolute Gasteiger partial charge is 0.399 e. The Morgan fingerprint density at radius 1 is 1.26 bits per heavy atom. The molecule has 5 nitrogen and oxygen atoms in total. The highest BCUT2D eigenvalue weighted by molar-refractivity contribution is 5.96. The fraction of sp³-hybridized carbons (Fsp3) is 0.500. The van der Waals surface area contributed by atoms with Crippen LogP contribution in [-0.2, 0) is 0 Å². The SMILES string of the molecule is CN(C)C1(CNC(=O)c2cc(N)cc(N)c2)CCC1. The summed E-state index contributed by atoms with van der Waals surface area (Å²) in [6, 6.07) is 4.94. The van der Waals surface area contributed by atoms with Gasteiger partial charge in [0.25, 0.3) is 5.91 Å². The first-order chi connectivity index (χ1) is 8.93. The number of rotatable bonds is 4. The molecule has 1 saturated carbocycles. The minimum Gasteiger partial charge on any atom is -0.399 e. The molecule has 0 unspecified atom stereocenters. The Kier molecular flexibility index (Phi) is 3.66. The van der Waals surface area contributed by atoms with Crippen LogP contribution in [0.15, 0.2) is 18.2 Å². The molecule has 0 bridgehead atoms. The van der Waals surface area contributed by atoms with Gasteiger partial charge in [0.05, 0.1) is 0 Å². The van der Waals surface area contributed by atoms with Gasteiger partial charge in [-0.3, -0.25) is 4.79 Å². The van der Waals surface area contributed by atoms with Crippen molar-refractivity contribution in [1.29, 1.82) is 0 Å². The molecule has 0 aliphatic heterocycles. The highest BCUT2D eigenvalue weighted by atomic mass is 16.1. The molecule has 2 rings (SSSR count). The highest BCUT2D eigenvalue weighted by Crippen LogP contribution is 2.35. The van der Waals surface area contributed by atoms with E-state index in [4.69, 9.17) is 11.5 Å². The van der Waals surface area contributed by atoms with E-state index in [1.807, 2.05) is 0 Å². The van der Waals surface area contributed by atoms with Crippen molar-refractivity contribution >= 4 is 17.3 Å². The Balaban J connectivity index is 2.01. The van der Waals surface area contributed by atoms with E-state index in [0.29, 0.717) is 23.5 Å². The molecule has 5 heteroatoms. The second-order valence-electron chi connectivity index (χ2n) is 5.54. The molecule has 1 aromatic rings. The van der Waals surface area contributed by atoms with Crippen LogP contribution in [0, 0.1) is 0 Å². The smallest absolute Gasteiger partial charge is 0.251 e. The zero-order valence-electron chi connectivity index (χ0n) is 11.6. The lowest BCUT2D eigenvalue weighted by Gasteiger charge is -2.47. The normalized spacial score (nSPS) is 17.0. The first kappa shape index (κ1) is 13.7. The van der Waals surface area contributed by atoms with Gasteiger partial charge in [-0.15, -0.1) is 0 Å². The zero-order chi connectivity index (χ0) is 14.0. The molecular formula is C14H22N4O. The van der Waals surface area contributed by atoms with E-state index in [-0.39, 0.29) is 11.4 Å². The Morgan fingerprint density at radius 3 is 2.26 bits per heavy atom. The van der Waals surface area contributed by atoms with Gasteiger partial charge < -0.3 is 21.7 Å². The molecule has 1 fully saturated rings. The summed E-state index contributed by atoms with van der Waals surface area (Å²) in [5.74, 6) is -0.118. The van der Waals surface area contributed by atoms with Gasteiger partial charge in [0.1, 0.15) is 0 Å². The number of hydrogen-bond acceptors (Lipinski definition) is 4. The first-order valence-electron chi connectivity index (χ1n) is 6.55. The standard InChI is InChI=1S/C14H22N4O/c1-18(2)14(4-3-5-14)9-17-13(19)10-6-11(15)8-12(16)7-10/h6-8H,3-5,9,15-16H2,1-2H3,(H,17,19). The molecule has 0 spiro atoms. The van der Waals surface area contributed by atoms with Crippen molar-refractivity contribution in [3.63, 3.8) is 0 Å². The van der Waals surface area contributed by atoms with Crippen LogP contribution in [0.1, 0.15) is 29.6 Å². The summed E-state index contributed by atoms with van der Waals surface area (Å²) in [6.45, 7) is 0.660. The van der Waals surface area contributed by atoms with Crippen molar-refractivity contribution in [2.45, 2.75) is 24.8 Å². The minimum absolute atomic E-state index is 0.113. The number of amides is 1. The van der Waals surface area contributed by atoms with Crippen LogP contribution < -0.4 is 16.8 Å². The predicted octanol–water partition coefficient (Wildman–Crippen LogP) is 1.07. The molecule has 5 N–H and O–H groups in total. The molecule has 0 aromatic heterocycles. The number of likely N-dealkylation sites (N-methyl/N-ethyl adjacent to an activating group) is 1. The molecular weight excluding hydrogens is 240 g/mol. The third-order valence-electron chi connectivity index (χ3n) is 4.05. The maximum absolute atomic E-state index is 12.1. The fourth-order valence-corrected chi connectivity index (χ4v) is 2.52. The van der Waals surface area contributed by atoms with Crippen LogP contribution in [-0.4, -0.2) is 37.0 Å². The number of nitrogens with zero attached hydrogens (tertiary/aromatic N) is 1. The maximum Gasteiger partial charge on any atom is 0.251 e. The van der Waals surface area contributed by atoms with Gasteiger partial charge in [0, 0.05) is 29.0 Å². The van der Waals surface area contributed by atoms with Crippen molar-refractivity contribution in [3.05, 3.63) is 23.8 Å². The zero-order valence-corrected chi connectivity index (χ0v) is 11.6. The average Bonchev–Trinajstić information content (AvgIpc) is 2.25. The van der Waals surface area contributed by atoms with E-state index in [9.17, 15) is 4.79 Å². The second-order valence-corrected chi connectivity index (χ2v) is 5.54. The number of nitrogens with one attached hydrogen (secondary N) is 1. The Bertz CT molecular complexity index is 460. The number of nitrogen functional groups attached to an aromatic ring is 2. The van der Waals surface area contributed by atoms with Crippen molar-refractivity contribution in [1.82, 2.24) is 10.2 Å². The summed E-state index contributed by atoms with van der Waals surface area (Å²) >= 11 is 0. The van der Waals surface area contributed by atoms with Gasteiger partial charge in [0.2, 0.25) is 0 Å². The van der Waals surface area contributed by atoms with E-state index in [2.05, 4.69) is 24.3 Å². The summed E-state index contributed by atoms with van der Waals surface area (Å²) in [5.41, 5.74) is 13.0. The van der Waals surface area contributed by atoms with E-state index in [0.717, 1.165) is 12.8 Å². The molecule has 1 aliphatic carbocycles. The summed E-state index contributed by atoms with van der Waals surface area (Å²) in [7, 11) is 4.12. The molecule has 104 valence electrons. The quantitative estimate of drug-likeness (QED) is 0.709. The number of nitrogens with two attached hydrogens (primary N) is 2. The van der Waals surface area contributed by atoms with Gasteiger partial charge >= 0.3 is 0 Å². The minimum atomic E-state index is -0.118. The molecule has 0 atom stereocenters. The number of hydrogen-bond donors (Lipinski definition) is 3. The summed E-state index contributed by atoms with van der Waals surface area (Å²) < 4.78 is 0.